The lowest BCUT2D eigenvalue weighted by Gasteiger charge is -2.41. The number of amides is 2. The summed E-state index contributed by atoms with van der Waals surface area (Å²) < 4.78 is 26.0. The molecule has 0 spiro atoms. The zero-order valence-electron chi connectivity index (χ0n) is 14.8. The van der Waals surface area contributed by atoms with E-state index in [0.717, 1.165) is 23.8 Å². The Morgan fingerprint density at radius 3 is 2.62 bits per heavy atom. The highest BCUT2D eigenvalue weighted by atomic mass is 32.2. The van der Waals surface area contributed by atoms with E-state index in [9.17, 15) is 18.0 Å². The van der Waals surface area contributed by atoms with E-state index in [1.807, 2.05) is 29.2 Å². The number of piperazine rings is 1. The number of carbonyl (C=O) groups is 2. The summed E-state index contributed by atoms with van der Waals surface area (Å²) in [5, 5.41) is 0. The van der Waals surface area contributed by atoms with E-state index < -0.39 is 16.1 Å². The molecule has 2 fully saturated rings. The minimum atomic E-state index is -3.51. The van der Waals surface area contributed by atoms with Crippen molar-refractivity contribution in [3.8, 4) is 0 Å². The van der Waals surface area contributed by atoms with Gasteiger partial charge in [0.25, 0.3) is 0 Å². The van der Waals surface area contributed by atoms with Crippen LogP contribution in [0.2, 0.25) is 0 Å². The van der Waals surface area contributed by atoms with Crippen molar-refractivity contribution in [2.45, 2.75) is 37.9 Å². The van der Waals surface area contributed by atoms with Crippen LogP contribution in [-0.4, -0.2) is 72.3 Å². The predicted molar refractivity (Wildman–Crippen MR) is 95.6 cm³/mol. The molecular weight excluding hydrogens is 354 g/mol. The van der Waals surface area contributed by atoms with Gasteiger partial charge in [0, 0.05) is 38.6 Å². The standard InChI is InChI=1S/C18H23N3O4S/c1-26(24,25)21-11-14-5-3-2-4-13(14)10-16(21)18(23)19-8-9-20-15(12-19)6-7-17(20)22/h2-5,15-16H,6-12H2,1H3. The molecule has 0 aliphatic carbocycles. The molecule has 4 rings (SSSR count). The zero-order valence-corrected chi connectivity index (χ0v) is 15.6. The number of rotatable bonds is 2. The van der Waals surface area contributed by atoms with Crippen LogP contribution in [-0.2, 0) is 32.6 Å². The number of nitrogens with zero attached hydrogens (tertiary/aromatic N) is 3. The smallest absolute Gasteiger partial charge is 0.241 e. The second-order valence-electron chi connectivity index (χ2n) is 7.36. The van der Waals surface area contributed by atoms with E-state index in [1.54, 1.807) is 4.90 Å². The van der Waals surface area contributed by atoms with Crippen LogP contribution in [0.1, 0.15) is 24.0 Å². The van der Waals surface area contributed by atoms with Crippen LogP contribution >= 0.6 is 0 Å². The summed E-state index contributed by atoms with van der Waals surface area (Å²) in [4.78, 5) is 28.7. The van der Waals surface area contributed by atoms with E-state index >= 15 is 0 Å². The van der Waals surface area contributed by atoms with Crippen LogP contribution in [0.25, 0.3) is 0 Å². The molecule has 8 heteroatoms. The molecule has 0 aromatic heterocycles. The van der Waals surface area contributed by atoms with Gasteiger partial charge < -0.3 is 9.80 Å². The maximum absolute atomic E-state index is 13.2. The fraction of sp³-hybridized carbons (Fsp3) is 0.556. The van der Waals surface area contributed by atoms with Crippen molar-refractivity contribution >= 4 is 21.8 Å². The Labute approximate surface area is 153 Å². The average Bonchev–Trinajstić information content (AvgIpc) is 2.99. The summed E-state index contributed by atoms with van der Waals surface area (Å²) in [6.45, 7) is 1.74. The maximum atomic E-state index is 13.2. The highest BCUT2D eigenvalue weighted by Gasteiger charge is 2.42. The zero-order chi connectivity index (χ0) is 18.5. The van der Waals surface area contributed by atoms with Crippen molar-refractivity contribution in [1.29, 1.82) is 0 Å². The van der Waals surface area contributed by atoms with E-state index in [0.29, 0.717) is 32.5 Å². The normalized spacial score (nSPS) is 26.6. The Balaban J connectivity index is 1.58. The van der Waals surface area contributed by atoms with Gasteiger partial charge in [0.05, 0.1) is 6.26 Å². The van der Waals surface area contributed by atoms with Crippen LogP contribution < -0.4 is 0 Å². The minimum Gasteiger partial charge on any atom is -0.337 e. The molecule has 3 heterocycles. The SMILES string of the molecule is CS(=O)(=O)N1Cc2ccccc2CC1C(=O)N1CCN2C(=O)CCC2C1. The van der Waals surface area contributed by atoms with E-state index in [-0.39, 0.29) is 24.4 Å². The summed E-state index contributed by atoms with van der Waals surface area (Å²) in [5.41, 5.74) is 1.98. The third-order valence-corrected chi connectivity index (χ3v) is 6.96. The van der Waals surface area contributed by atoms with Crippen LogP contribution in [0.5, 0.6) is 0 Å². The molecule has 0 N–H and O–H groups in total. The van der Waals surface area contributed by atoms with E-state index in [4.69, 9.17) is 0 Å². The van der Waals surface area contributed by atoms with Crippen molar-refractivity contribution in [3.63, 3.8) is 0 Å². The van der Waals surface area contributed by atoms with Crippen LogP contribution in [0.3, 0.4) is 0 Å². The molecule has 3 aliphatic rings. The Morgan fingerprint density at radius 1 is 1.15 bits per heavy atom. The van der Waals surface area contributed by atoms with E-state index in [1.165, 1.54) is 4.31 Å². The van der Waals surface area contributed by atoms with Crippen molar-refractivity contribution in [2.24, 2.45) is 0 Å². The number of carbonyl (C=O) groups excluding carboxylic acids is 2. The quantitative estimate of drug-likeness (QED) is 0.738. The lowest BCUT2D eigenvalue weighted by Crippen LogP contribution is -2.59. The number of sulfonamides is 1. The Hall–Kier alpha value is -1.93. The molecule has 0 saturated carbocycles. The highest BCUT2D eigenvalue weighted by Crippen LogP contribution is 2.28. The van der Waals surface area contributed by atoms with Gasteiger partial charge in [-0.15, -0.1) is 0 Å². The number of fused-ring (bicyclic) bond motifs is 2. The summed E-state index contributed by atoms with van der Waals surface area (Å²) in [5.74, 6) is 0.00961. The largest absolute Gasteiger partial charge is 0.337 e. The number of hydrogen-bond donors (Lipinski definition) is 0. The first kappa shape index (κ1) is 17.5. The second kappa shape index (κ2) is 6.35. The highest BCUT2D eigenvalue weighted by molar-refractivity contribution is 7.88. The van der Waals surface area contributed by atoms with Crippen molar-refractivity contribution in [2.75, 3.05) is 25.9 Å². The molecule has 0 bridgehead atoms. The van der Waals surface area contributed by atoms with Gasteiger partial charge in [-0.05, 0) is 24.0 Å². The summed E-state index contributed by atoms with van der Waals surface area (Å²) in [6.07, 6.45) is 2.87. The third kappa shape index (κ3) is 3.01. The molecule has 26 heavy (non-hydrogen) atoms. The lowest BCUT2D eigenvalue weighted by molar-refractivity contribution is -0.142. The topological polar surface area (TPSA) is 78.0 Å². The molecule has 1 aromatic carbocycles. The fourth-order valence-corrected chi connectivity index (χ4v) is 5.33. The first-order chi connectivity index (χ1) is 12.3. The predicted octanol–water partition coefficient (Wildman–Crippen LogP) is 0.206. The average molecular weight is 377 g/mol. The summed E-state index contributed by atoms with van der Waals surface area (Å²) in [6, 6.07) is 7.04. The van der Waals surface area contributed by atoms with Gasteiger partial charge in [0.1, 0.15) is 6.04 Å². The molecule has 7 nitrogen and oxygen atoms in total. The van der Waals surface area contributed by atoms with Crippen LogP contribution in [0, 0.1) is 0 Å². The van der Waals surface area contributed by atoms with Crippen LogP contribution in [0.4, 0.5) is 0 Å². The van der Waals surface area contributed by atoms with Gasteiger partial charge in [0.15, 0.2) is 0 Å². The molecule has 1 aromatic rings. The lowest BCUT2D eigenvalue weighted by atomic mass is 9.95. The summed E-state index contributed by atoms with van der Waals surface area (Å²) in [7, 11) is -3.51. The van der Waals surface area contributed by atoms with Gasteiger partial charge in [-0.2, -0.15) is 4.31 Å². The van der Waals surface area contributed by atoms with Crippen molar-refractivity contribution < 1.29 is 18.0 Å². The molecule has 140 valence electrons. The molecule has 3 aliphatic heterocycles. The van der Waals surface area contributed by atoms with Crippen LogP contribution in [0.15, 0.2) is 24.3 Å². The molecule has 2 unspecified atom stereocenters. The number of benzene rings is 1. The Bertz CT molecular complexity index is 854. The molecule has 2 amide bonds. The first-order valence-corrected chi connectivity index (χ1v) is 10.8. The first-order valence-electron chi connectivity index (χ1n) is 8.96. The monoisotopic (exact) mass is 377 g/mol. The van der Waals surface area contributed by atoms with Crippen molar-refractivity contribution in [3.05, 3.63) is 35.4 Å². The van der Waals surface area contributed by atoms with Gasteiger partial charge in [-0.25, -0.2) is 8.42 Å². The van der Waals surface area contributed by atoms with Gasteiger partial charge in [-0.1, -0.05) is 24.3 Å². The molecule has 0 radical (unpaired) electrons. The fourth-order valence-electron chi connectivity index (χ4n) is 4.33. The Morgan fingerprint density at radius 2 is 1.88 bits per heavy atom. The molecule has 2 saturated heterocycles. The third-order valence-electron chi connectivity index (χ3n) is 5.72. The maximum Gasteiger partial charge on any atom is 0.241 e. The van der Waals surface area contributed by atoms with Gasteiger partial charge >= 0.3 is 0 Å². The molecule has 2 atom stereocenters. The summed E-state index contributed by atoms with van der Waals surface area (Å²) >= 11 is 0. The van der Waals surface area contributed by atoms with Gasteiger partial charge in [-0.3, -0.25) is 9.59 Å². The van der Waals surface area contributed by atoms with E-state index in [2.05, 4.69) is 0 Å². The molecular formula is C18H23N3O4S. The second-order valence-corrected chi connectivity index (χ2v) is 9.30. The minimum absolute atomic E-state index is 0.0720. The number of hydrogen-bond acceptors (Lipinski definition) is 4. The van der Waals surface area contributed by atoms with Gasteiger partial charge in [0.2, 0.25) is 21.8 Å². The van der Waals surface area contributed by atoms with Crippen molar-refractivity contribution in [1.82, 2.24) is 14.1 Å². The Kier molecular flexibility index (Phi) is 4.27.